The average molecular weight is 263 g/mol. The fourth-order valence-electron chi connectivity index (χ4n) is 2.71. The lowest BCUT2D eigenvalue weighted by molar-refractivity contribution is 0.394. The predicted octanol–water partition coefficient (Wildman–Crippen LogP) is 4.72. The van der Waals surface area contributed by atoms with Gasteiger partial charge in [-0.2, -0.15) is 11.8 Å². The summed E-state index contributed by atoms with van der Waals surface area (Å²) in [4.78, 5) is 0. The molecule has 1 fully saturated rings. The summed E-state index contributed by atoms with van der Waals surface area (Å²) in [7, 11) is 0. The molecule has 0 saturated heterocycles. The van der Waals surface area contributed by atoms with Crippen molar-refractivity contribution in [3.63, 3.8) is 0 Å². The van der Waals surface area contributed by atoms with E-state index in [1.54, 1.807) is 0 Å². The summed E-state index contributed by atoms with van der Waals surface area (Å²) in [6.45, 7) is 5.63. The van der Waals surface area contributed by atoms with Crippen molar-refractivity contribution in [2.24, 2.45) is 5.92 Å². The van der Waals surface area contributed by atoms with Crippen LogP contribution in [0.15, 0.2) is 24.3 Å². The molecule has 0 bridgehead atoms. The number of rotatable bonds is 5. The monoisotopic (exact) mass is 263 g/mol. The van der Waals surface area contributed by atoms with E-state index in [9.17, 15) is 0 Å². The third kappa shape index (κ3) is 4.56. The van der Waals surface area contributed by atoms with Gasteiger partial charge >= 0.3 is 0 Å². The number of nitrogens with one attached hydrogen (secondary N) is 1. The first-order chi connectivity index (χ1) is 8.74. The molecule has 0 spiro atoms. The normalized spacial score (nSPS) is 23.9. The number of hydrogen-bond acceptors (Lipinski definition) is 2. The van der Waals surface area contributed by atoms with Gasteiger partial charge in [0.05, 0.1) is 0 Å². The molecule has 1 aliphatic carbocycles. The zero-order chi connectivity index (χ0) is 12.8. The first-order valence-electron chi connectivity index (χ1n) is 7.16. The Kier molecular flexibility index (Phi) is 5.43. The molecule has 2 unspecified atom stereocenters. The Morgan fingerprint density at radius 2 is 2.22 bits per heavy atom. The SMILES string of the molecule is Cc1cccc(NCCSC2CCCC(C)C2)c1. The van der Waals surface area contributed by atoms with Gasteiger partial charge in [-0.1, -0.05) is 31.9 Å². The fraction of sp³-hybridized carbons (Fsp3) is 0.625. The van der Waals surface area contributed by atoms with E-state index in [1.807, 2.05) is 0 Å². The molecule has 0 radical (unpaired) electrons. The highest BCUT2D eigenvalue weighted by Gasteiger charge is 2.18. The second kappa shape index (κ2) is 7.08. The van der Waals surface area contributed by atoms with Crippen LogP contribution < -0.4 is 5.32 Å². The highest BCUT2D eigenvalue weighted by atomic mass is 32.2. The maximum atomic E-state index is 3.52. The Morgan fingerprint density at radius 3 is 3.00 bits per heavy atom. The van der Waals surface area contributed by atoms with Gasteiger partial charge in [0.15, 0.2) is 0 Å². The van der Waals surface area contributed by atoms with E-state index in [1.165, 1.54) is 42.7 Å². The summed E-state index contributed by atoms with van der Waals surface area (Å²) in [5, 5.41) is 4.43. The van der Waals surface area contributed by atoms with E-state index in [0.717, 1.165) is 17.7 Å². The van der Waals surface area contributed by atoms with E-state index in [4.69, 9.17) is 0 Å². The minimum Gasteiger partial charge on any atom is -0.384 e. The van der Waals surface area contributed by atoms with Crippen LogP contribution in [0.5, 0.6) is 0 Å². The average Bonchev–Trinajstić information content (AvgIpc) is 2.35. The topological polar surface area (TPSA) is 12.0 Å². The third-order valence-corrected chi connectivity index (χ3v) is 5.03. The van der Waals surface area contributed by atoms with E-state index < -0.39 is 0 Å². The molecular weight excluding hydrogens is 238 g/mol. The van der Waals surface area contributed by atoms with Gasteiger partial charge in [-0.3, -0.25) is 0 Å². The van der Waals surface area contributed by atoms with Crippen molar-refractivity contribution >= 4 is 17.4 Å². The number of thioether (sulfide) groups is 1. The number of hydrogen-bond donors (Lipinski definition) is 1. The third-order valence-electron chi connectivity index (χ3n) is 3.69. The molecule has 2 atom stereocenters. The molecule has 100 valence electrons. The van der Waals surface area contributed by atoms with Crippen LogP contribution in [0.2, 0.25) is 0 Å². The molecule has 0 heterocycles. The van der Waals surface area contributed by atoms with Crippen LogP contribution in [0.25, 0.3) is 0 Å². The minimum absolute atomic E-state index is 0.910. The molecule has 1 nitrogen and oxygen atoms in total. The molecule has 1 N–H and O–H groups in total. The molecule has 1 aliphatic rings. The van der Waals surface area contributed by atoms with E-state index >= 15 is 0 Å². The van der Waals surface area contributed by atoms with Crippen LogP contribution in [-0.4, -0.2) is 17.5 Å². The number of benzene rings is 1. The van der Waals surface area contributed by atoms with Gasteiger partial charge in [0, 0.05) is 23.2 Å². The lowest BCUT2D eigenvalue weighted by Crippen LogP contribution is -2.17. The summed E-state index contributed by atoms with van der Waals surface area (Å²) >= 11 is 2.16. The van der Waals surface area contributed by atoms with Gasteiger partial charge in [0.25, 0.3) is 0 Å². The smallest absolute Gasteiger partial charge is 0.0343 e. The van der Waals surface area contributed by atoms with Crippen LogP contribution in [0.1, 0.15) is 38.2 Å². The highest BCUT2D eigenvalue weighted by molar-refractivity contribution is 7.99. The molecule has 2 heteroatoms. The molecule has 2 rings (SSSR count). The highest BCUT2D eigenvalue weighted by Crippen LogP contribution is 2.31. The number of anilines is 1. The van der Waals surface area contributed by atoms with Gasteiger partial charge in [0.2, 0.25) is 0 Å². The largest absolute Gasteiger partial charge is 0.384 e. The van der Waals surface area contributed by atoms with Crippen molar-refractivity contribution in [3.05, 3.63) is 29.8 Å². The Hall–Kier alpha value is -0.630. The predicted molar refractivity (Wildman–Crippen MR) is 83.5 cm³/mol. The van der Waals surface area contributed by atoms with Crippen LogP contribution in [0, 0.1) is 12.8 Å². The molecule has 18 heavy (non-hydrogen) atoms. The van der Waals surface area contributed by atoms with Crippen LogP contribution in [0.4, 0.5) is 5.69 Å². The maximum absolute atomic E-state index is 3.52. The Labute approximate surface area is 116 Å². The van der Waals surface area contributed by atoms with Gasteiger partial charge < -0.3 is 5.32 Å². The second-order valence-corrected chi connectivity index (χ2v) is 6.97. The maximum Gasteiger partial charge on any atom is 0.0343 e. The molecule has 0 aromatic heterocycles. The summed E-state index contributed by atoms with van der Waals surface area (Å²) in [5.41, 5.74) is 2.58. The van der Waals surface area contributed by atoms with E-state index in [2.05, 4.69) is 55.2 Å². The van der Waals surface area contributed by atoms with Gasteiger partial charge in [-0.05, 0) is 43.4 Å². The molecule has 1 aromatic carbocycles. The summed E-state index contributed by atoms with van der Waals surface area (Å²) in [5.74, 6) is 2.17. The summed E-state index contributed by atoms with van der Waals surface area (Å²) in [6.07, 6.45) is 5.73. The number of aryl methyl sites for hydroxylation is 1. The minimum atomic E-state index is 0.910. The van der Waals surface area contributed by atoms with Crippen LogP contribution >= 0.6 is 11.8 Å². The molecule has 1 aromatic rings. The lowest BCUT2D eigenvalue weighted by atomic mass is 9.91. The Balaban J connectivity index is 1.64. The van der Waals surface area contributed by atoms with E-state index in [-0.39, 0.29) is 0 Å². The van der Waals surface area contributed by atoms with Crippen molar-refractivity contribution in [3.8, 4) is 0 Å². The van der Waals surface area contributed by atoms with Crippen molar-refractivity contribution < 1.29 is 0 Å². The van der Waals surface area contributed by atoms with Gasteiger partial charge in [0.1, 0.15) is 0 Å². The quantitative estimate of drug-likeness (QED) is 0.772. The zero-order valence-electron chi connectivity index (χ0n) is 11.6. The molecular formula is C16H25NS. The molecule has 0 amide bonds. The standard InChI is InChI=1S/C16H25NS/c1-13-5-3-7-15(11-13)17-9-10-18-16-8-4-6-14(2)12-16/h3,5,7,11,14,16-17H,4,6,8-10,12H2,1-2H3. The second-order valence-electron chi connectivity index (χ2n) is 5.56. The van der Waals surface area contributed by atoms with Crippen LogP contribution in [0.3, 0.4) is 0 Å². The summed E-state index contributed by atoms with van der Waals surface area (Å²) in [6, 6.07) is 8.63. The first-order valence-corrected chi connectivity index (χ1v) is 8.21. The Morgan fingerprint density at radius 1 is 1.33 bits per heavy atom. The molecule has 1 saturated carbocycles. The van der Waals surface area contributed by atoms with Gasteiger partial charge in [-0.15, -0.1) is 0 Å². The molecule has 0 aliphatic heterocycles. The lowest BCUT2D eigenvalue weighted by Gasteiger charge is -2.26. The first kappa shape index (κ1) is 13.8. The fourth-order valence-corrected chi connectivity index (χ4v) is 4.06. The van der Waals surface area contributed by atoms with E-state index in [0.29, 0.717) is 0 Å². The Bertz CT molecular complexity index is 364. The van der Waals surface area contributed by atoms with Gasteiger partial charge in [-0.25, -0.2) is 0 Å². The van der Waals surface area contributed by atoms with Crippen LogP contribution in [-0.2, 0) is 0 Å². The zero-order valence-corrected chi connectivity index (χ0v) is 12.4. The van der Waals surface area contributed by atoms with Crippen molar-refractivity contribution in [1.82, 2.24) is 0 Å². The van der Waals surface area contributed by atoms with Crippen molar-refractivity contribution in [2.75, 3.05) is 17.6 Å². The summed E-state index contributed by atoms with van der Waals surface area (Å²) < 4.78 is 0. The van der Waals surface area contributed by atoms with Crippen molar-refractivity contribution in [1.29, 1.82) is 0 Å². The van der Waals surface area contributed by atoms with Crippen molar-refractivity contribution in [2.45, 2.75) is 44.8 Å².